The molecular formula is C19H20BrNO2. The van der Waals surface area contributed by atoms with Crippen molar-refractivity contribution in [1.29, 1.82) is 0 Å². The van der Waals surface area contributed by atoms with Crippen LogP contribution in [-0.4, -0.2) is 18.4 Å². The minimum absolute atomic E-state index is 0.261. The lowest BCUT2D eigenvalue weighted by atomic mass is 10.1. The summed E-state index contributed by atoms with van der Waals surface area (Å²) in [4.78, 5) is 13.7. The van der Waals surface area contributed by atoms with Gasteiger partial charge in [-0.3, -0.25) is 4.79 Å². The van der Waals surface area contributed by atoms with Crippen molar-refractivity contribution in [1.82, 2.24) is 0 Å². The molecule has 0 amide bonds. The van der Waals surface area contributed by atoms with Crippen LogP contribution in [0.5, 0.6) is 11.5 Å². The number of rotatable bonds is 5. The number of carbonyl (C=O) groups excluding carboxylic acids is 1. The van der Waals surface area contributed by atoms with Crippen LogP contribution in [0.25, 0.3) is 0 Å². The number of halogens is 1. The molecule has 2 aromatic rings. The highest BCUT2D eigenvalue weighted by molar-refractivity contribution is 9.10. The number of benzene rings is 2. The van der Waals surface area contributed by atoms with Crippen molar-refractivity contribution in [2.24, 2.45) is 0 Å². The van der Waals surface area contributed by atoms with E-state index >= 15 is 0 Å². The predicted molar refractivity (Wildman–Crippen MR) is 96.3 cm³/mol. The van der Waals surface area contributed by atoms with E-state index in [0.717, 1.165) is 41.0 Å². The lowest BCUT2D eigenvalue weighted by molar-refractivity contribution is -0.117. The van der Waals surface area contributed by atoms with Crippen LogP contribution < -0.4 is 9.64 Å². The van der Waals surface area contributed by atoms with Gasteiger partial charge in [-0.05, 0) is 62.2 Å². The topological polar surface area (TPSA) is 29.5 Å². The number of Topliss-reactive ketones (excluding diaryl/α,β-unsaturated/α-hetero) is 1. The van der Waals surface area contributed by atoms with E-state index in [1.165, 1.54) is 0 Å². The molecule has 1 atom stereocenters. The normalized spacial score (nSPS) is 17.3. The van der Waals surface area contributed by atoms with E-state index < -0.39 is 0 Å². The van der Waals surface area contributed by atoms with Crippen molar-refractivity contribution in [2.75, 3.05) is 11.4 Å². The Bertz CT molecular complexity index is 684. The summed E-state index contributed by atoms with van der Waals surface area (Å²) < 4.78 is 6.86. The van der Waals surface area contributed by atoms with E-state index in [-0.39, 0.29) is 5.78 Å². The fourth-order valence-electron chi connectivity index (χ4n) is 3.09. The van der Waals surface area contributed by atoms with Gasteiger partial charge in [-0.25, -0.2) is 0 Å². The van der Waals surface area contributed by atoms with Gasteiger partial charge in [0.2, 0.25) is 0 Å². The molecule has 1 heterocycles. The molecule has 0 aromatic heterocycles. The zero-order valence-corrected chi connectivity index (χ0v) is 14.8. The van der Waals surface area contributed by atoms with Gasteiger partial charge < -0.3 is 9.64 Å². The summed E-state index contributed by atoms with van der Waals surface area (Å²) in [7, 11) is 0. The largest absolute Gasteiger partial charge is 0.457 e. The summed E-state index contributed by atoms with van der Waals surface area (Å²) in [5.74, 6) is 1.88. The maximum absolute atomic E-state index is 11.4. The van der Waals surface area contributed by atoms with Gasteiger partial charge in [0.15, 0.2) is 0 Å². The summed E-state index contributed by atoms with van der Waals surface area (Å²) in [5, 5.41) is 0. The van der Waals surface area contributed by atoms with Gasteiger partial charge in [0.25, 0.3) is 0 Å². The highest BCUT2D eigenvalue weighted by Crippen LogP contribution is 2.30. The Morgan fingerprint density at radius 1 is 1.22 bits per heavy atom. The van der Waals surface area contributed by atoms with Gasteiger partial charge in [0.05, 0.1) is 0 Å². The molecule has 1 aliphatic rings. The molecule has 0 N–H and O–H groups in total. The van der Waals surface area contributed by atoms with Crippen molar-refractivity contribution in [3.05, 3.63) is 53.0 Å². The second-order valence-electron chi connectivity index (χ2n) is 5.95. The van der Waals surface area contributed by atoms with Crippen molar-refractivity contribution in [2.45, 2.75) is 32.2 Å². The average Bonchev–Trinajstić information content (AvgIpc) is 2.95. The Balaban J connectivity index is 1.70. The summed E-state index contributed by atoms with van der Waals surface area (Å²) >= 11 is 3.44. The van der Waals surface area contributed by atoms with Crippen LogP contribution in [0, 0.1) is 0 Å². The minimum atomic E-state index is 0.261. The van der Waals surface area contributed by atoms with Gasteiger partial charge in [0.1, 0.15) is 17.3 Å². The first kappa shape index (κ1) is 16.1. The molecule has 4 heteroatoms. The van der Waals surface area contributed by atoms with Crippen LogP contribution in [0.3, 0.4) is 0 Å². The molecule has 1 saturated heterocycles. The summed E-state index contributed by atoms with van der Waals surface area (Å²) in [6, 6.07) is 16.3. The predicted octanol–water partition coefficient (Wildman–Crippen LogP) is 5.19. The molecular weight excluding hydrogens is 354 g/mol. The first-order valence-corrected chi connectivity index (χ1v) is 8.71. The summed E-state index contributed by atoms with van der Waals surface area (Å²) in [6.45, 7) is 2.69. The number of anilines is 1. The van der Waals surface area contributed by atoms with E-state index in [2.05, 4.69) is 33.0 Å². The Hall–Kier alpha value is -1.81. The molecule has 0 bridgehead atoms. The molecule has 23 heavy (non-hydrogen) atoms. The van der Waals surface area contributed by atoms with Crippen molar-refractivity contribution < 1.29 is 9.53 Å². The number of ketones is 1. The van der Waals surface area contributed by atoms with Crippen LogP contribution in [0.15, 0.2) is 53.0 Å². The van der Waals surface area contributed by atoms with E-state index in [9.17, 15) is 4.79 Å². The molecule has 0 saturated carbocycles. The number of ether oxygens (including phenoxy) is 1. The SMILES string of the molecule is CC(=O)CC1CCCN1c1ccc(Oc2cccc(Br)c2)cc1. The number of carbonyl (C=O) groups is 1. The maximum Gasteiger partial charge on any atom is 0.131 e. The molecule has 1 fully saturated rings. The lowest BCUT2D eigenvalue weighted by Crippen LogP contribution is -2.30. The maximum atomic E-state index is 11.4. The van der Waals surface area contributed by atoms with Gasteiger partial charge in [-0.1, -0.05) is 22.0 Å². The minimum Gasteiger partial charge on any atom is -0.457 e. The van der Waals surface area contributed by atoms with Crippen LogP contribution >= 0.6 is 15.9 Å². The van der Waals surface area contributed by atoms with Crippen LogP contribution in [-0.2, 0) is 4.79 Å². The Morgan fingerprint density at radius 2 is 2.00 bits per heavy atom. The number of hydrogen-bond donors (Lipinski definition) is 0. The third-order valence-electron chi connectivity index (χ3n) is 4.10. The second kappa shape index (κ2) is 7.18. The molecule has 0 aliphatic carbocycles. The first-order valence-electron chi connectivity index (χ1n) is 7.91. The van der Waals surface area contributed by atoms with Crippen molar-refractivity contribution >= 4 is 27.4 Å². The van der Waals surface area contributed by atoms with Crippen molar-refractivity contribution in [3.63, 3.8) is 0 Å². The smallest absolute Gasteiger partial charge is 0.131 e. The standard InChI is InChI=1S/C19H20BrNO2/c1-14(22)12-17-5-3-11-21(17)16-7-9-18(10-8-16)23-19-6-2-4-15(20)13-19/h2,4,6-10,13,17H,3,5,11-12H2,1H3. The Morgan fingerprint density at radius 3 is 2.70 bits per heavy atom. The molecule has 1 aliphatic heterocycles. The van der Waals surface area contributed by atoms with Gasteiger partial charge in [-0.15, -0.1) is 0 Å². The zero-order chi connectivity index (χ0) is 16.2. The fraction of sp³-hybridized carbons (Fsp3) is 0.316. The lowest BCUT2D eigenvalue weighted by Gasteiger charge is -2.26. The monoisotopic (exact) mass is 373 g/mol. The zero-order valence-electron chi connectivity index (χ0n) is 13.2. The first-order chi connectivity index (χ1) is 11.1. The molecule has 3 nitrogen and oxygen atoms in total. The number of hydrogen-bond acceptors (Lipinski definition) is 3. The average molecular weight is 374 g/mol. The second-order valence-corrected chi connectivity index (χ2v) is 6.86. The van der Waals surface area contributed by atoms with E-state index in [0.29, 0.717) is 12.5 Å². The van der Waals surface area contributed by atoms with Crippen LogP contribution in [0.4, 0.5) is 5.69 Å². The highest BCUT2D eigenvalue weighted by Gasteiger charge is 2.25. The molecule has 0 radical (unpaired) electrons. The highest BCUT2D eigenvalue weighted by atomic mass is 79.9. The summed E-state index contributed by atoms with van der Waals surface area (Å²) in [6.07, 6.45) is 2.88. The van der Waals surface area contributed by atoms with Gasteiger partial charge >= 0.3 is 0 Å². The Labute approximate surface area is 145 Å². The molecule has 0 spiro atoms. The van der Waals surface area contributed by atoms with E-state index in [1.807, 2.05) is 36.4 Å². The Kier molecular flexibility index (Phi) is 5.01. The molecule has 120 valence electrons. The van der Waals surface area contributed by atoms with E-state index in [4.69, 9.17) is 4.74 Å². The fourth-order valence-corrected chi connectivity index (χ4v) is 3.47. The molecule has 2 aromatic carbocycles. The number of nitrogens with zero attached hydrogens (tertiary/aromatic N) is 1. The third kappa shape index (κ3) is 4.14. The van der Waals surface area contributed by atoms with E-state index in [1.54, 1.807) is 6.92 Å². The van der Waals surface area contributed by atoms with Gasteiger partial charge in [0, 0.05) is 29.2 Å². The summed E-state index contributed by atoms with van der Waals surface area (Å²) in [5.41, 5.74) is 1.16. The third-order valence-corrected chi connectivity index (χ3v) is 4.59. The van der Waals surface area contributed by atoms with Crippen LogP contribution in [0.2, 0.25) is 0 Å². The van der Waals surface area contributed by atoms with Crippen molar-refractivity contribution in [3.8, 4) is 11.5 Å². The molecule has 1 unspecified atom stereocenters. The van der Waals surface area contributed by atoms with Crippen LogP contribution in [0.1, 0.15) is 26.2 Å². The molecule has 3 rings (SSSR count). The quantitative estimate of drug-likeness (QED) is 0.722. The van der Waals surface area contributed by atoms with Gasteiger partial charge in [-0.2, -0.15) is 0 Å².